The van der Waals surface area contributed by atoms with E-state index in [0.29, 0.717) is 11.7 Å². The molecule has 36 heavy (non-hydrogen) atoms. The Morgan fingerprint density at radius 2 is 1.92 bits per heavy atom. The van der Waals surface area contributed by atoms with Crippen molar-refractivity contribution in [3.05, 3.63) is 113 Å². The van der Waals surface area contributed by atoms with Gasteiger partial charge in [0, 0.05) is 42.2 Å². The summed E-state index contributed by atoms with van der Waals surface area (Å²) in [6.07, 6.45) is 5.42. The number of aryl methyl sites for hydroxylation is 2. The van der Waals surface area contributed by atoms with E-state index in [-0.39, 0.29) is 17.6 Å². The van der Waals surface area contributed by atoms with Crippen LogP contribution in [0.25, 0.3) is 5.69 Å². The van der Waals surface area contributed by atoms with Gasteiger partial charge in [0.05, 0.1) is 23.3 Å². The lowest BCUT2D eigenvalue weighted by Crippen LogP contribution is -2.29. The number of aromatic nitrogens is 3. The summed E-state index contributed by atoms with van der Waals surface area (Å²) < 4.78 is 2.14. The molecule has 1 saturated heterocycles. The topological polar surface area (TPSA) is 83.3 Å². The van der Waals surface area contributed by atoms with Crippen LogP contribution in [0.15, 0.2) is 73.2 Å². The first-order valence-corrected chi connectivity index (χ1v) is 12.2. The zero-order valence-corrected chi connectivity index (χ0v) is 21.2. The number of carbonyl (C=O) groups is 1. The van der Waals surface area contributed by atoms with Crippen LogP contribution >= 0.6 is 12.2 Å². The number of hydrogen-bond donors (Lipinski definition) is 2. The van der Waals surface area contributed by atoms with Gasteiger partial charge in [-0.3, -0.25) is 9.97 Å². The Bertz CT molecular complexity index is 1440. The van der Waals surface area contributed by atoms with Crippen molar-refractivity contribution in [2.45, 2.75) is 39.4 Å². The smallest absolute Gasteiger partial charge is 0.335 e. The Balaban J connectivity index is 1.64. The number of pyridine rings is 2. The lowest BCUT2D eigenvalue weighted by atomic mass is 9.96. The van der Waals surface area contributed by atoms with Crippen LogP contribution in [0, 0.1) is 20.8 Å². The van der Waals surface area contributed by atoms with Crippen LogP contribution in [0.5, 0.6) is 0 Å². The van der Waals surface area contributed by atoms with E-state index in [1.165, 1.54) is 0 Å². The van der Waals surface area contributed by atoms with Gasteiger partial charge in [-0.15, -0.1) is 0 Å². The first kappa shape index (κ1) is 23.7. The fourth-order valence-corrected chi connectivity index (χ4v) is 5.35. The second kappa shape index (κ2) is 9.54. The molecular formula is C28H27N5O2S. The third-order valence-corrected chi connectivity index (χ3v) is 7.11. The van der Waals surface area contributed by atoms with E-state index >= 15 is 0 Å². The highest BCUT2D eigenvalue weighted by Gasteiger charge is 2.41. The maximum absolute atomic E-state index is 11.7. The number of hydrogen-bond acceptors (Lipinski definition) is 4. The minimum atomic E-state index is -0.942. The number of carboxylic acid groups (broad SMARTS) is 1. The average Bonchev–Trinajstić information content (AvgIpc) is 3.35. The van der Waals surface area contributed by atoms with E-state index < -0.39 is 5.97 Å². The van der Waals surface area contributed by atoms with E-state index in [2.05, 4.69) is 37.7 Å². The van der Waals surface area contributed by atoms with Gasteiger partial charge >= 0.3 is 5.97 Å². The molecule has 8 heteroatoms. The van der Waals surface area contributed by atoms with Gasteiger partial charge in [-0.1, -0.05) is 18.2 Å². The Morgan fingerprint density at radius 1 is 1.08 bits per heavy atom. The average molecular weight is 498 g/mol. The van der Waals surface area contributed by atoms with Gasteiger partial charge in [0.1, 0.15) is 0 Å². The summed E-state index contributed by atoms with van der Waals surface area (Å²) in [5, 5.41) is 13.7. The molecule has 0 aliphatic carbocycles. The van der Waals surface area contributed by atoms with Gasteiger partial charge in [-0.25, -0.2) is 4.79 Å². The summed E-state index contributed by atoms with van der Waals surface area (Å²) in [6.45, 7) is 6.72. The third-order valence-electron chi connectivity index (χ3n) is 6.76. The molecule has 4 aromatic rings. The Hall–Kier alpha value is -4.04. The van der Waals surface area contributed by atoms with Gasteiger partial charge in [0.2, 0.25) is 0 Å². The van der Waals surface area contributed by atoms with Gasteiger partial charge in [0.25, 0.3) is 0 Å². The molecule has 0 unspecified atom stereocenters. The quantitative estimate of drug-likeness (QED) is 0.360. The zero-order valence-electron chi connectivity index (χ0n) is 20.3. The lowest BCUT2D eigenvalue weighted by molar-refractivity contribution is 0.0697. The summed E-state index contributed by atoms with van der Waals surface area (Å²) in [7, 11) is 0. The first-order chi connectivity index (χ1) is 17.3. The lowest BCUT2D eigenvalue weighted by Gasteiger charge is -2.28. The second-order valence-electron chi connectivity index (χ2n) is 9.08. The predicted molar refractivity (Wildman–Crippen MR) is 142 cm³/mol. The van der Waals surface area contributed by atoms with Crippen molar-refractivity contribution in [1.82, 2.24) is 24.8 Å². The number of carboxylic acids is 1. The largest absolute Gasteiger partial charge is 0.478 e. The summed E-state index contributed by atoms with van der Waals surface area (Å²) in [5.41, 5.74) is 7.26. The van der Waals surface area contributed by atoms with E-state index in [0.717, 1.165) is 39.5 Å². The number of rotatable bonds is 6. The Morgan fingerprint density at radius 3 is 2.61 bits per heavy atom. The Kier molecular flexibility index (Phi) is 6.28. The van der Waals surface area contributed by atoms with Crippen molar-refractivity contribution in [2.75, 3.05) is 0 Å². The van der Waals surface area contributed by atoms with E-state index in [1.807, 2.05) is 56.4 Å². The molecule has 1 aliphatic rings. The molecule has 0 bridgehead atoms. The second-order valence-corrected chi connectivity index (χ2v) is 9.47. The van der Waals surface area contributed by atoms with Crippen LogP contribution < -0.4 is 5.32 Å². The third kappa shape index (κ3) is 4.24. The molecule has 0 spiro atoms. The number of thiocarbonyl (C=S) groups is 1. The SMILES string of the molecule is Cc1ccc(C(=O)O)cc1-n1c(C)cc([C@@H]2[C@H](c3ccccn3)NC(=S)N2Cc2cccnc2)c1C. The molecule has 5 rings (SSSR count). The molecule has 2 atom stereocenters. The molecule has 1 fully saturated rings. The van der Waals surface area contributed by atoms with Gasteiger partial charge in [-0.2, -0.15) is 0 Å². The first-order valence-electron chi connectivity index (χ1n) is 11.7. The summed E-state index contributed by atoms with van der Waals surface area (Å²) in [6, 6.07) is 17.0. The fourth-order valence-electron chi connectivity index (χ4n) is 5.04. The molecule has 1 aliphatic heterocycles. The summed E-state index contributed by atoms with van der Waals surface area (Å²) in [5.74, 6) is -0.942. The van der Waals surface area contributed by atoms with Crippen LogP contribution in [-0.4, -0.2) is 35.6 Å². The molecule has 182 valence electrons. The maximum atomic E-state index is 11.7. The van der Waals surface area contributed by atoms with E-state index in [9.17, 15) is 9.90 Å². The van der Waals surface area contributed by atoms with Gasteiger partial charge in [0.15, 0.2) is 5.11 Å². The monoisotopic (exact) mass is 497 g/mol. The van der Waals surface area contributed by atoms with Crippen LogP contribution in [0.1, 0.15) is 56.2 Å². The Labute approximate surface area is 215 Å². The maximum Gasteiger partial charge on any atom is 0.335 e. The van der Waals surface area contributed by atoms with Crippen molar-refractivity contribution in [2.24, 2.45) is 0 Å². The predicted octanol–water partition coefficient (Wildman–Crippen LogP) is 5.06. The number of nitrogens with one attached hydrogen (secondary N) is 1. The number of benzene rings is 1. The highest BCUT2D eigenvalue weighted by atomic mass is 32.1. The minimum Gasteiger partial charge on any atom is -0.478 e. The van der Waals surface area contributed by atoms with Crippen molar-refractivity contribution in [3.8, 4) is 5.69 Å². The fraction of sp³-hybridized carbons (Fsp3) is 0.214. The highest BCUT2D eigenvalue weighted by molar-refractivity contribution is 7.80. The molecular weight excluding hydrogens is 470 g/mol. The molecule has 7 nitrogen and oxygen atoms in total. The van der Waals surface area contributed by atoms with Crippen LogP contribution in [-0.2, 0) is 6.54 Å². The zero-order chi connectivity index (χ0) is 25.4. The highest BCUT2D eigenvalue weighted by Crippen LogP contribution is 2.42. The number of aromatic carboxylic acids is 1. The van der Waals surface area contributed by atoms with Crippen molar-refractivity contribution in [3.63, 3.8) is 0 Å². The summed E-state index contributed by atoms with van der Waals surface area (Å²) in [4.78, 5) is 22.8. The van der Waals surface area contributed by atoms with E-state index in [4.69, 9.17) is 12.2 Å². The molecule has 2 N–H and O–H groups in total. The van der Waals surface area contributed by atoms with Crippen LogP contribution in [0.4, 0.5) is 0 Å². The summed E-state index contributed by atoms with van der Waals surface area (Å²) >= 11 is 5.83. The molecule has 1 aromatic carbocycles. The van der Waals surface area contributed by atoms with E-state index in [1.54, 1.807) is 24.5 Å². The van der Waals surface area contributed by atoms with Crippen molar-refractivity contribution < 1.29 is 9.90 Å². The molecule has 0 amide bonds. The van der Waals surface area contributed by atoms with Gasteiger partial charge < -0.3 is 19.9 Å². The normalized spacial score (nSPS) is 17.3. The number of nitrogens with zero attached hydrogens (tertiary/aromatic N) is 4. The minimum absolute atomic E-state index is 0.115. The van der Waals surface area contributed by atoms with Crippen molar-refractivity contribution in [1.29, 1.82) is 0 Å². The van der Waals surface area contributed by atoms with Crippen LogP contribution in [0.2, 0.25) is 0 Å². The van der Waals surface area contributed by atoms with Gasteiger partial charge in [-0.05, 0) is 86.1 Å². The molecule has 0 radical (unpaired) electrons. The van der Waals surface area contributed by atoms with Crippen LogP contribution in [0.3, 0.4) is 0 Å². The molecule has 4 heterocycles. The molecule has 3 aromatic heterocycles. The standard InChI is InChI=1S/C28H27N5O2S/c1-17-9-10-21(27(34)35)14-24(17)33-18(2)13-22(19(33)3)26-25(23-8-4-5-12-30-23)31-28(36)32(26)16-20-7-6-11-29-15-20/h4-15,25-26H,16H2,1-3H3,(H,31,36)(H,34,35)/t25-,26+/m0/s1. The molecule has 0 saturated carbocycles. The van der Waals surface area contributed by atoms with Crippen molar-refractivity contribution >= 4 is 23.3 Å².